The average Bonchev–Trinajstić information content (AvgIpc) is 2.41. The van der Waals surface area contributed by atoms with Crippen molar-refractivity contribution in [2.45, 2.75) is 26.4 Å². The van der Waals surface area contributed by atoms with Crippen molar-refractivity contribution in [1.82, 2.24) is 20.0 Å². The largest absolute Gasteiger partial charge is 0.316 e. The van der Waals surface area contributed by atoms with Crippen LogP contribution in [-0.2, 0) is 6.54 Å². The predicted molar refractivity (Wildman–Crippen MR) is 61.0 cm³/mol. The van der Waals surface area contributed by atoms with Crippen LogP contribution < -0.4 is 5.32 Å². The lowest BCUT2D eigenvalue weighted by atomic mass is 10.1. The molecule has 0 saturated carbocycles. The van der Waals surface area contributed by atoms with Gasteiger partial charge in [-0.1, -0.05) is 0 Å². The Kier molecular flexibility index (Phi) is 2.80. The van der Waals surface area contributed by atoms with Crippen molar-refractivity contribution < 1.29 is 0 Å². The van der Waals surface area contributed by atoms with E-state index in [0.717, 1.165) is 25.3 Å². The molecule has 1 aromatic rings. The third-order valence-corrected chi connectivity index (χ3v) is 3.22. The van der Waals surface area contributed by atoms with Crippen LogP contribution in [0.5, 0.6) is 0 Å². The minimum atomic E-state index is 0.583. The lowest BCUT2D eigenvalue weighted by Crippen LogP contribution is -2.45. The van der Waals surface area contributed by atoms with Crippen molar-refractivity contribution in [1.29, 1.82) is 0 Å². The van der Waals surface area contributed by atoms with E-state index < -0.39 is 0 Å². The first-order chi connectivity index (χ1) is 7.13. The molecule has 1 aromatic heterocycles. The van der Waals surface area contributed by atoms with Gasteiger partial charge in [0.05, 0.1) is 11.7 Å². The zero-order chi connectivity index (χ0) is 11.0. The summed E-state index contributed by atoms with van der Waals surface area (Å²) in [5.74, 6) is 0. The summed E-state index contributed by atoms with van der Waals surface area (Å²) in [6.07, 6.45) is 0. The fraction of sp³-hybridized carbons (Fsp3) is 0.727. The van der Waals surface area contributed by atoms with Crippen LogP contribution in [0.15, 0.2) is 0 Å². The zero-order valence-electron chi connectivity index (χ0n) is 10.0. The van der Waals surface area contributed by atoms with Crippen LogP contribution in [0.1, 0.15) is 23.0 Å². The number of hydrogen-bond acceptors (Lipinski definition) is 3. The summed E-state index contributed by atoms with van der Waals surface area (Å²) in [5, 5.41) is 7.83. The zero-order valence-corrected chi connectivity index (χ0v) is 10.0. The molecule has 0 aromatic carbocycles. The molecule has 1 fully saturated rings. The number of likely N-dealkylation sites (tertiary alicyclic amines) is 1. The van der Waals surface area contributed by atoms with Crippen molar-refractivity contribution in [3.8, 4) is 0 Å². The van der Waals surface area contributed by atoms with E-state index >= 15 is 0 Å². The molecule has 4 heteroatoms. The summed E-state index contributed by atoms with van der Waals surface area (Å²) in [7, 11) is 4.13. The van der Waals surface area contributed by atoms with Gasteiger partial charge in [-0.25, -0.2) is 0 Å². The van der Waals surface area contributed by atoms with Crippen LogP contribution in [-0.4, -0.2) is 41.9 Å². The molecule has 1 aliphatic rings. The van der Waals surface area contributed by atoms with Gasteiger partial charge in [0.15, 0.2) is 0 Å². The summed E-state index contributed by atoms with van der Waals surface area (Å²) >= 11 is 0. The number of nitrogens with one attached hydrogen (secondary N) is 1. The Balaban J connectivity index is 2.22. The standard InChI is InChI=1S/C11H20N4/c1-8-11(5-12-3)9(2)15(13-8)10-6-14(4)7-10/h10,12H,5-7H2,1-4H3. The summed E-state index contributed by atoms with van der Waals surface area (Å²) in [6, 6.07) is 0.583. The van der Waals surface area contributed by atoms with Gasteiger partial charge >= 0.3 is 0 Å². The highest BCUT2D eigenvalue weighted by atomic mass is 15.4. The third kappa shape index (κ3) is 1.79. The molecule has 0 bridgehead atoms. The number of nitrogens with zero attached hydrogens (tertiary/aromatic N) is 3. The second kappa shape index (κ2) is 3.94. The second-order valence-electron chi connectivity index (χ2n) is 4.50. The van der Waals surface area contributed by atoms with Crippen molar-refractivity contribution in [2.24, 2.45) is 0 Å². The molecular weight excluding hydrogens is 188 g/mol. The molecule has 1 aliphatic heterocycles. The van der Waals surface area contributed by atoms with E-state index in [4.69, 9.17) is 0 Å². The normalized spacial score (nSPS) is 18.1. The fourth-order valence-corrected chi connectivity index (χ4v) is 2.31. The first-order valence-corrected chi connectivity index (χ1v) is 5.51. The summed E-state index contributed by atoms with van der Waals surface area (Å²) in [4.78, 5) is 2.32. The quantitative estimate of drug-likeness (QED) is 0.794. The molecule has 0 atom stereocenters. The Morgan fingerprint density at radius 1 is 1.40 bits per heavy atom. The Bertz CT molecular complexity index is 350. The molecule has 0 amide bonds. The lowest BCUT2D eigenvalue weighted by molar-refractivity contribution is 0.128. The molecule has 0 spiro atoms. The number of rotatable bonds is 3. The minimum Gasteiger partial charge on any atom is -0.316 e. The molecule has 0 unspecified atom stereocenters. The van der Waals surface area contributed by atoms with E-state index in [2.05, 4.69) is 40.9 Å². The highest BCUT2D eigenvalue weighted by Crippen LogP contribution is 2.23. The average molecular weight is 208 g/mol. The second-order valence-corrected chi connectivity index (χ2v) is 4.50. The third-order valence-electron chi connectivity index (χ3n) is 3.22. The van der Waals surface area contributed by atoms with Crippen LogP contribution >= 0.6 is 0 Å². The van der Waals surface area contributed by atoms with E-state index in [0.29, 0.717) is 6.04 Å². The Labute approximate surface area is 91.3 Å². The maximum Gasteiger partial charge on any atom is 0.0775 e. The van der Waals surface area contributed by atoms with Crippen molar-refractivity contribution in [3.63, 3.8) is 0 Å². The molecule has 2 heterocycles. The molecule has 84 valence electrons. The highest BCUT2D eigenvalue weighted by molar-refractivity contribution is 5.25. The molecule has 2 rings (SSSR count). The van der Waals surface area contributed by atoms with Crippen molar-refractivity contribution in [3.05, 3.63) is 17.0 Å². The molecule has 15 heavy (non-hydrogen) atoms. The summed E-state index contributed by atoms with van der Waals surface area (Å²) < 4.78 is 2.20. The molecule has 0 aliphatic carbocycles. The van der Waals surface area contributed by atoms with E-state index in [1.165, 1.54) is 11.3 Å². The monoisotopic (exact) mass is 208 g/mol. The first kappa shape index (κ1) is 10.6. The Hall–Kier alpha value is -0.870. The number of aromatic nitrogens is 2. The topological polar surface area (TPSA) is 33.1 Å². The molecule has 1 N–H and O–H groups in total. The maximum absolute atomic E-state index is 4.64. The van der Waals surface area contributed by atoms with Crippen LogP contribution in [0.4, 0.5) is 0 Å². The van der Waals surface area contributed by atoms with E-state index in [-0.39, 0.29) is 0 Å². The first-order valence-electron chi connectivity index (χ1n) is 5.51. The Morgan fingerprint density at radius 2 is 2.07 bits per heavy atom. The van der Waals surface area contributed by atoms with Gasteiger partial charge in [0.25, 0.3) is 0 Å². The number of hydrogen-bond donors (Lipinski definition) is 1. The summed E-state index contributed by atoms with van der Waals surface area (Å²) in [6.45, 7) is 7.44. The SMILES string of the molecule is CNCc1c(C)nn(C2CN(C)C2)c1C. The smallest absolute Gasteiger partial charge is 0.0775 e. The number of likely N-dealkylation sites (N-methyl/N-ethyl adjacent to an activating group) is 1. The molecular formula is C11H20N4. The van der Waals surface area contributed by atoms with E-state index in [1.807, 2.05) is 7.05 Å². The molecule has 1 saturated heterocycles. The lowest BCUT2D eigenvalue weighted by Gasteiger charge is -2.36. The van der Waals surface area contributed by atoms with Crippen LogP contribution in [0.2, 0.25) is 0 Å². The van der Waals surface area contributed by atoms with Crippen LogP contribution in [0.25, 0.3) is 0 Å². The number of aryl methyl sites for hydroxylation is 1. The van der Waals surface area contributed by atoms with Gasteiger partial charge in [0, 0.05) is 30.9 Å². The summed E-state index contributed by atoms with van der Waals surface area (Å²) in [5.41, 5.74) is 3.84. The van der Waals surface area contributed by atoms with Crippen LogP contribution in [0, 0.1) is 13.8 Å². The molecule has 4 nitrogen and oxygen atoms in total. The maximum atomic E-state index is 4.64. The van der Waals surface area contributed by atoms with Crippen molar-refractivity contribution in [2.75, 3.05) is 27.2 Å². The highest BCUT2D eigenvalue weighted by Gasteiger charge is 2.27. The van der Waals surface area contributed by atoms with E-state index in [1.54, 1.807) is 0 Å². The molecule has 0 radical (unpaired) electrons. The van der Waals surface area contributed by atoms with Gasteiger partial charge in [-0.15, -0.1) is 0 Å². The van der Waals surface area contributed by atoms with Gasteiger partial charge in [0.2, 0.25) is 0 Å². The van der Waals surface area contributed by atoms with Gasteiger partial charge in [-0.2, -0.15) is 5.10 Å². The van der Waals surface area contributed by atoms with Gasteiger partial charge < -0.3 is 10.2 Å². The fourth-order valence-electron chi connectivity index (χ4n) is 2.31. The van der Waals surface area contributed by atoms with Crippen LogP contribution in [0.3, 0.4) is 0 Å². The van der Waals surface area contributed by atoms with Gasteiger partial charge in [0.1, 0.15) is 0 Å². The minimum absolute atomic E-state index is 0.583. The van der Waals surface area contributed by atoms with Gasteiger partial charge in [-0.05, 0) is 27.9 Å². The van der Waals surface area contributed by atoms with E-state index in [9.17, 15) is 0 Å². The van der Waals surface area contributed by atoms with Gasteiger partial charge in [-0.3, -0.25) is 4.68 Å². The predicted octanol–water partition coefficient (Wildman–Crippen LogP) is 0.706. The Morgan fingerprint density at radius 3 is 2.60 bits per heavy atom. The van der Waals surface area contributed by atoms with Crippen molar-refractivity contribution >= 4 is 0 Å².